The van der Waals surface area contributed by atoms with E-state index in [0.29, 0.717) is 5.82 Å². The van der Waals surface area contributed by atoms with E-state index in [0.717, 1.165) is 45.8 Å². The second-order valence-corrected chi connectivity index (χ2v) is 7.42. The van der Waals surface area contributed by atoms with Crippen molar-refractivity contribution >= 4 is 27.8 Å². The smallest absolute Gasteiger partial charge is 0.164 e. The minimum absolute atomic E-state index is 0.698. The normalized spacial score (nSPS) is 15.6. The molecule has 138 valence electrons. The zero-order valence-corrected chi connectivity index (χ0v) is 15.4. The van der Waals surface area contributed by atoms with Crippen molar-refractivity contribution in [2.24, 2.45) is 13.0 Å². The van der Waals surface area contributed by atoms with E-state index in [2.05, 4.69) is 20.6 Å². The molecule has 0 bridgehead atoms. The van der Waals surface area contributed by atoms with E-state index < -0.39 is 0 Å². The van der Waals surface area contributed by atoms with Gasteiger partial charge in [0.2, 0.25) is 0 Å². The summed E-state index contributed by atoms with van der Waals surface area (Å²) in [6.07, 6.45) is 10.3. The minimum atomic E-state index is 0.698. The van der Waals surface area contributed by atoms with E-state index in [1.165, 1.54) is 32.1 Å². The van der Waals surface area contributed by atoms with Crippen LogP contribution in [0.4, 0.5) is 5.82 Å². The van der Waals surface area contributed by atoms with Gasteiger partial charge in [0, 0.05) is 24.5 Å². The maximum Gasteiger partial charge on any atom is 0.164 e. The van der Waals surface area contributed by atoms with Crippen molar-refractivity contribution in [2.45, 2.75) is 32.1 Å². The number of aromatic nitrogens is 6. The van der Waals surface area contributed by atoms with Gasteiger partial charge in [0.25, 0.3) is 0 Å². The van der Waals surface area contributed by atoms with E-state index in [4.69, 9.17) is 9.97 Å². The van der Waals surface area contributed by atoms with Gasteiger partial charge in [0.1, 0.15) is 5.82 Å². The first kappa shape index (κ1) is 16.2. The number of nitrogens with one attached hydrogen (secondary N) is 2. The predicted molar refractivity (Wildman–Crippen MR) is 106 cm³/mol. The largest absolute Gasteiger partial charge is 0.369 e. The van der Waals surface area contributed by atoms with Crippen LogP contribution in [-0.2, 0) is 7.05 Å². The van der Waals surface area contributed by atoms with Crippen molar-refractivity contribution in [1.82, 2.24) is 29.9 Å². The summed E-state index contributed by atoms with van der Waals surface area (Å²) in [4.78, 5) is 9.68. The van der Waals surface area contributed by atoms with Crippen LogP contribution in [0.1, 0.15) is 32.1 Å². The number of aromatic amines is 1. The Morgan fingerprint density at radius 1 is 1.11 bits per heavy atom. The molecule has 0 radical (unpaired) electrons. The summed E-state index contributed by atoms with van der Waals surface area (Å²) in [5.41, 5.74) is 2.80. The molecule has 3 heterocycles. The quantitative estimate of drug-likeness (QED) is 0.576. The lowest BCUT2D eigenvalue weighted by Gasteiger charge is -2.22. The summed E-state index contributed by atoms with van der Waals surface area (Å²) in [5, 5.41) is 17.2. The van der Waals surface area contributed by atoms with E-state index in [1.807, 2.05) is 42.3 Å². The van der Waals surface area contributed by atoms with Crippen LogP contribution < -0.4 is 5.32 Å². The van der Waals surface area contributed by atoms with Crippen molar-refractivity contribution < 1.29 is 0 Å². The Morgan fingerprint density at radius 3 is 2.89 bits per heavy atom. The molecule has 2 N–H and O–H groups in total. The van der Waals surface area contributed by atoms with Crippen molar-refractivity contribution in [1.29, 1.82) is 0 Å². The van der Waals surface area contributed by atoms with Gasteiger partial charge < -0.3 is 5.32 Å². The Kier molecular flexibility index (Phi) is 3.99. The van der Waals surface area contributed by atoms with Gasteiger partial charge in [0.05, 0.1) is 23.3 Å². The fraction of sp³-hybridized carbons (Fsp3) is 0.400. The Morgan fingerprint density at radius 2 is 2.00 bits per heavy atom. The number of hydrogen-bond donors (Lipinski definition) is 2. The second-order valence-electron chi connectivity index (χ2n) is 7.42. The predicted octanol–water partition coefficient (Wildman–Crippen LogP) is 3.90. The highest BCUT2D eigenvalue weighted by molar-refractivity contribution is 5.95. The first-order valence-electron chi connectivity index (χ1n) is 9.65. The number of nitrogens with zero attached hydrogens (tertiary/aromatic N) is 5. The minimum Gasteiger partial charge on any atom is -0.369 e. The first-order chi connectivity index (χ1) is 13.3. The summed E-state index contributed by atoms with van der Waals surface area (Å²) in [6.45, 7) is 0.955. The number of aryl methyl sites for hydroxylation is 1. The van der Waals surface area contributed by atoms with Gasteiger partial charge in [-0.15, -0.1) is 0 Å². The highest BCUT2D eigenvalue weighted by Crippen LogP contribution is 2.30. The maximum atomic E-state index is 4.88. The van der Waals surface area contributed by atoms with Crippen LogP contribution >= 0.6 is 0 Å². The SMILES string of the molecule is Cn1ncc2c(NCC3CCCCC3)nc(-c3cccc4[nH]ncc34)nc21. The molecule has 0 spiro atoms. The zero-order chi connectivity index (χ0) is 18.2. The van der Waals surface area contributed by atoms with Crippen LogP contribution in [0.25, 0.3) is 33.3 Å². The Balaban J connectivity index is 1.57. The van der Waals surface area contributed by atoms with Gasteiger partial charge in [-0.05, 0) is 24.8 Å². The molecule has 1 fully saturated rings. The Hall–Kier alpha value is -2.96. The lowest BCUT2D eigenvalue weighted by Crippen LogP contribution is -2.18. The number of rotatable bonds is 4. The van der Waals surface area contributed by atoms with Gasteiger partial charge in [-0.1, -0.05) is 31.4 Å². The van der Waals surface area contributed by atoms with E-state index in [1.54, 1.807) is 0 Å². The molecule has 1 aliphatic carbocycles. The van der Waals surface area contributed by atoms with Gasteiger partial charge in [-0.3, -0.25) is 9.78 Å². The van der Waals surface area contributed by atoms with Gasteiger partial charge >= 0.3 is 0 Å². The Bertz CT molecular complexity index is 1090. The lowest BCUT2D eigenvalue weighted by molar-refractivity contribution is 0.373. The molecule has 7 nitrogen and oxygen atoms in total. The third kappa shape index (κ3) is 2.93. The third-order valence-corrected chi connectivity index (χ3v) is 5.60. The molecule has 1 saturated carbocycles. The number of anilines is 1. The van der Waals surface area contributed by atoms with E-state index in [9.17, 15) is 0 Å². The molecule has 4 aromatic rings. The molecule has 0 aliphatic heterocycles. The maximum absolute atomic E-state index is 4.88. The highest BCUT2D eigenvalue weighted by atomic mass is 15.3. The average Bonchev–Trinajstić information content (AvgIpc) is 3.34. The zero-order valence-electron chi connectivity index (χ0n) is 15.4. The van der Waals surface area contributed by atoms with Crippen LogP contribution in [0.15, 0.2) is 30.6 Å². The van der Waals surface area contributed by atoms with Gasteiger partial charge in [-0.25, -0.2) is 9.97 Å². The molecular weight excluding hydrogens is 338 g/mol. The molecule has 7 heteroatoms. The van der Waals surface area contributed by atoms with Gasteiger partial charge in [0.15, 0.2) is 11.5 Å². The fourth-order valence-corrected chi connectivity index (χ4v) is 4.07. The number of H-pyrrole nitrogens is 1. The summed E-state index contributed by atoms with van der Waals surface area (Å²) in [6, 6.07) is 6.05. The fourth-order valence-electron chi connectivity index (χ4n) is 4.07. The number of fused-ring (bicyclic) bond motifs is 2. The van der Waals surface area contributed by atoms with Gasteiger partial charge in [-0.2, -0.15) is 10.2 Å². The molecule has 1 aromatic carbocycles. The molecule has 27 heavy (non-hydrogen) atoms. The van der Waals surface area contributed by atoms with Crippen LogP contribution in [0.2, 0.25) is 0 Å². The van der Waals surface area contributed by atoms with E-state index in [-0.39, 0.29) is 0 Å². The molecule has 0 unspecified atom stereocenters. The highest BCUT2D eigenvalue weighted by Gasteiger charge is 2.17. The summed E-state index contributed by atoms with van der Waals surface area (Å²) in [5.74, 6) is 2.29. The van der Waals surface area contributed by atoms with Crippen LogP contribution in [0.3, 0.4) is 0 Å². The average molecular weight is 361 g/mol. The van der Waals surface area contributed by atoms with E-state index >= 15 is 0 Å². The van der Waals surface area contributed by atoms with Crippen molar-refractivity contribution in [3.05, 3.63) is 30.6 Å². The van der Waals surface area contributed by atoms with Crippen LogP contribution in [-0.4, -0.2) is 36.5 Å². The van der Waals surface area contributed by atoms with Crippen molar-refractivity contribution in [3.8, 4) is 11.4 Å². The molecule has 0 amide bonds. The van der Waals surface area contributed by atoms with Crippen molar-refractivity contribution in [2.75, 3.05) is 11.9 Å². The molecule has 0 saturated heterocycles. The number of benzene rings is 1. The topological polar surface area (TPSA) is 84.3 Å². The summed E-state index contributed by atoms with van der Waals surface area (Å²) < 4.78 is 1.81. The molecular formula is C20H23N7. The third-order valence-electron chi connectivity index (χ3n) is 5.60. The lowest BCUT2D eigenvalue weighted by atomic mass is 9.89. The van der Waals surface area contributed by atoms with Crippen molar-refractivity contribution in [3.63, 3.8) is 0 Å². The standard InChI is InChI=1S/C20H23N7/c1-27-20-16(12-23-27)18(21-10-13-6-3-2-4-7-13)24-19(25-20)14-8-5-9-17-15(14)11-22-26-17/h5,8-9,11-13H,2-4,6-7,10H2,1H3,(H,22,26)(H,21,24,25). The summed E-state index contributed by atoms with van der Waals surface area (Å²) >= 11 is 0. The monoisotopic (exact) mass is 361 g/mol. The van der Waals surface area contributed by atoms with Crippen LogP contribution in [0.5, 0.6) is 0 Å². The second kappa shape index (κ2) is 6.64. The first-order valence-corrected chi connectivity index (χ1v) is 9.65. The number of hydrogen-bond acceptors (Lipinski definition) is 5. The molecule has 0 atom stereocenters. The molecule has 3 aromatic heterocycles. The Labute approximate surface area is 157 Å². The molecule has 1 aliphatic rings. The molecule has 5 rings (SSSR count). The summed E-state index contributed by atoms with van der Waals surface area (Å²) in [7, 11) is 1.92. The van der Waals surface area contributed by atoms with Crippen LogP contribution in [0, 0.1) is 5.92 Å².